The number of fused-ring (bicyclic) bond motifs is 1. The van der Waals surface area contributed by atoms with E-state index in [0.717, 1.165) is 71.5 Å². The minimum atomic E-state index is -0.992. The van der Waals surface area contributed by atoms with Crippen LogP contribution in [0.25, 0.3) is 16.6 Å². The Balaban J connectivity index is 1.57. The van der Waals surface area contributed by atoms with Gasteiger partial charge in [0.05, 0.1) is 17.9 Å². The highest BCUT2D eigenvalue weighted by atomic mass is 16.3. The van der Waals surface area contributed by atoms with Crippen LogP contribution in [0.1, 0.15) is 87.3 Å². The number of nitrogens with one attached hydrogen (secondary N) is 4. The number of aliphatic hydroxyl groups excluding tert-OH is 1. The first-order valence-corrected chi connectivity index (χ1v) is 13.6. The lowest BCUT2D eigenvalue weighted by molar-refractivity contribution is 0.138. The van der Waals surface area contributed by atoms with Crippen LogP contribution in [-0.4, -0.2) is 49.0 Å². The third-order valence-corrected chi connectivity index (χ3v) is 7.67. The molecular weight excluding hydrogens is 478 g/mol. The van der Waals surface area contributed by atoms with E-state index >= 15 is 0 Å². The van der Waals surface area contributed by atoms with Gasteiger partial charge in [0.25, 0.3) is 5.56 Å². The third kappa shape index (κ3) is 5.47. The van der Waals surface area contributed by atoms with Gasteiger partial charge in [-0.15, -0.1) is 0 Å². The fraction of sp³-hybridized carbons (Fsp3) is 0.552. The quantitative estimate of drug-likeness (QED) is 0.317. The van der Waals surface area contributed by atoms with Crippen LogP contribution >= 0.6 is 0 Å². The topological polar surface area (TPSA) is 120 Å². The maximum absolute atomic E-state index is 12.6. The van der Waals surface area contributed by atoms with Crippen molar-refractivity contribution in [2.45, 2.75) is 90.7 Å². The summed E-state index contributed by atoms with van der Waals surface area (Å²) in [5.41, 5.74) is 5.45. The highest BCUT2D eigenvalue weighted by molar-refractivity contribution is 5.82. The Morgan fingerprint density at radius 1 is 1.18 bits per heavy atom. The molecule has 5 rings (SSSR count). The number of pyridine rings is 2. The van der Waals surface area contributed by atoms with Gasteiger partial charge < -0.3 is 20.7 Å². The van der Waals surface area contributed by atoms with E-state index < -0.39 is 6.23 Å². The zero-order valence-corrected chi connectivity index (χ0v) is 23.4. The van der Waals surface area contributed by atoms with E-state index in [-0.39, 0.29) is 29.2 Å². The van der Waals surface area contributed by atoms with E-state index in [1.165, 1.54) is 0 Å². The second kappa shape index (κ2) is 10.0. The van der Waals surface area contributed by atoms with Crippen molar-refractivity contribution in [2.75, 3.05) is 13.1 Å². The van der Waals surface area contributed by atoms with Crippen LogP contribution in [0.15, 0.2) is 29.2 Å². The van der Waals surface area contributed by atoms with Crippen LogP contribution < -0.4 is 21.5 Å². The summed E-state index contributed by atoms with van der Waals surface area (Å²) in [7, 11) is 0. The van der Waals surface area contributed by atoms with Gasteiger partial charge in [0.15, 0.2) is 5.65 Å². The highest BCUT2D eigenvalue weighted by Crippen LogP contribution is 2.36. The van der Waals surface area contributed by atoms with Crippen molar-refractivity contribution >= 4 is 16.6 Å². The van der Waals surface area contributed by atoms with Crippen molar-refractivity contribution in [3.8, 4) is 0 Å². The molecule has 0 bridgehead atoms. The first-order chi connectivity index (χ1) is 17.9. The minimum absolute atomic E-state index is 0.0967. The summed E-state index contributed by atoms with van der Waals surface area (Å²) in [6.45, 7) is 14.7. The van der Waals surface area contributed by atoms with Gasteiger partial charge in [-0.2, -0.15) is 5.10 Å². The van der Waals surface area contributed by atoms with E-state index in [4.69, 9.17) is 10.1 Å². The van der Waals surface area contributed by atoms with Crippen LogP contribution in [0.5, 0.6) is 0 Å². The molecule has 2 aliphatic rings. The zero-order chi connectivity index (χ0) is 27.2. The number of nitrogens with zero attached hydrogens (tertiary/aromatic N) is 3. The highest BCUT2D eigenvalue weighted by Gasteiger charge is 2.34. The molecule has 3 aromatic heterocycles. The lowest BCUT2D eigenvalue weighted by Gasteiger charge is -2.41. The number of aryl methyl sites for hydroxylation is 2. The molecule has 5 heterocycles. The molecule has 9 nitrogen and oxygen atoms in total. The number of aromatic nitrogens is 4. The fourth-order valence-electron chi connectivity index (χ4n) is 6.24. The van der Waals surface area contributed by atoms with E-state index in [1.807, 2.05) is 36.9 Å². The number of aliphatic hydroxyl groups is 1. The van der Waals surface area contributed by atoms with Gasteiger partial charge >= 0.3 is 0 Å². The van der Waals surface area contributed by atoms with Crippen molar-refractivity contribution in [2.24, 2.45) is 0 Å². The molecule has 3 aromatic rings. The minimum Gasteiger partial charge on any atom is -0.374 e. The van der Waals surface area contributed by atoms with Gasteiger partial charge in [-0.1, -0.05) is 6.08 Å². The first kappa shape index (κ1) is 26.7. The van der Waals surface area contributed by atoms with Crippen molar-refractivity contribution in [3.63, 3.8) is 0 Å². The second-order valence-corrected chi connectivity index (χ2v) is 12.2. The van der Waals surface area contributed by atoms with Crippen LogP contribution in [0.3, 0.4) is 0 Å². The lowest BCUT2D eigenvalue weighted by Crippen LogP contribution is -2.53. The predicted molar refractivity (Wildman–Crippen MR) is 151 cm³/mol. The molecule has 1 unspecified atom stereocenters. The molecule has 0 saturated carbocycles. The maximum Gasteiger partial charge on any atom is 0.252 e. The molecule has 0 aromatic carbocycles. The van der Waals surface area contributed by atoms with E-state index in [1.54, 1.807) is 0 Å². The SMILES string of the molecule is Cc1cc(C)c(CNC(O)c2cc(C3=CC(C)(C)NC(C)(C)C3)nc3c2cnn3C2CCNCC2)c(=O)[nH]1. The standard InChI is InChI=1S/C29H41N7O2/c1-17-11-18(2)33-27(38)22(17)15-31-26(37)21-12-24(19-13-28(3,4)35-29(5,6)14-19)34-25-23(21)16-32-36(25)20-7-9-30-10-8-20/h11-13,16,20,26,30-31,35,37H,7-10,14-15H2,1-6H3,(H,33,38). The summed E-state index contributed by atoms with van der Waals surface area (Å²) in [5, 5.41) is 27.3. The second-order valence-electron chi connectivity index (χ2n) is 12.2. The van der Waals surface area contributed by atoms with Crippen molar-refractivity contribution < 1.29 is 5.11 Å². The Bertz CT molecular complexity index is 1430. The normalized spacial score (nSPS) is 20.4. The number of H-pyrrole nitrogens is 1. The molecule has 204 valence electrons. The first-order valence-electron chi connectivity index (χ1n) is 13.6. The molecule has 2 aliphatic heterocycles. The third-order valence-electron chi connectivity index (χ3n) is 7.67. The van der Waals surface area contributed by atoms with Gasteiger partial charge in [0.1, 0.15) is 6.23 Å². The van der Waals surface area contributed by atoms with Crippen LogP contribution in [0.2, 0.25) is 0 Å². The molecule has 0 aliphatic carbocycles. The Kier molecular flexibility index (Phi) is 7.06. The molecule has 0 amide bonds. The summed E-state index contributed by atoms with van der Waals surface area (Å²) in [5.74, 6) is 0. The molecule has 5 N–H and O–H groups in total. The fourth-order valence-corrected chi connectivity index (χ4v) is 6.24. The van der Waals surface area contributed by atoms with Gasteiger partial charge in [-0.25, -0.2) is 9.67 Å². The summed E-state index contributed by atoms with van der Waals surface area (Å²) < 4.78 is 2.04. The Labute approximate surface area is 224 Å². The number of hydrogen-bond acceptors (Lipinski definition) is 7. The summed E-state index contributed by atoms with van der Waals surface area (Å²) in [6, 6.07) is 4.20. The van der Waals surface area contributed by atoms with Gasteiger partial charge in [0.2, 0.25) is 0 Å². The van der Waals surface area contributed by atoms with Crippen LogP contribution in [-0.2, 0) is 6.54 Å². The Morgan fingerprint density at radius 2 is 1.92 bits per heavy atom. The number of rotatable bonds is 6. The average molecular weight is 520 g/mol. The molecule has 0 spiro atoms. The zero-order valence-electron chi connectivity index (χ0n) is 23.4. The number of hydrogen-bond donors (Lipinski definition) is 5. The smallest absolute Gasteiger partial charge is 0.252 e. The Morgan fingerprint density at radius 3 is 2.61 bits per heavy atom. The molecule has 38 heavy (non-hydrogen) atoms. The maximum atomic E-state index is 12.6. The Hall–Kier alpha value is -2.85. The molecule has 0 radical (unpaired) electrons. The van der Waals surface area contributed by atoms with Crippen molar-refractivity contribution in [1.82, 2.24) is 35.7 Å². The summed E-state index contributed by atoms with van der Waals surface area (Å²) in [4.78, 5) is 20.6. The van der Waals surface area contributed by atoms with E-state index in [9.17, 15) is 9.90 Å². The average Bonchev–Trinajstić information content (AvgIpc) is 3.25. The van der Waals surface area contributed by atoms with Gasteiger partial charge in [-0.05, 0) is 97.2 Å². The van der Waals surface area contributed by atoms with Gasteiger partial charge in [-0.3, -0.25) is 10.1 Å². The van der Waals surface area contributed by atoms with Gasteiger partial charge in [0, 0.05) is 39.8 Å². The molecule has 9 heteroatoms. The molecular formula is C29H41N7O2. The lowest BCUT2D eigenvalue weighted by atomic mass is 9.82. The number of aromatic amines is 1. The van der Waals surface area contributed by atoms with Crippen molar-refractivity contribution in [3.05, 3.63) is 62.8 Å². The van der Waals surface area contributed by atoms with Crippen LogP contribution in [0, 0.1) is 13.8 Å². The molecule has 1 saturated heterocycles. The number of piperidine rings is 1. The summed E-state index contributed by atoms with van der Waals surface area (Å²) in [6.07, 6.45) is 5.87. The van der Waals surface area contributed by atoms with E-state index in [2.05, 4.69) is 54.7 Å². The van der Waals surface area contributed by atoms with Crippen LogP contribution in [0.4, 0.5) is 0 Å². The molecule has 1 atom stereocenters. The van der Waals surface area contributed by atoms with Crippen molar-refractivity contribution in [1.29, 1.82) is 0 Å². The summed E-state index contributed by atoms with van der Waals surface area (Å²) >= 11 is 0. The predicted octanol–water partition coefficient (Wildman–Crippen LogP) is 3.38. The molecule has 1 fully saturated rings. The van der Waals surface area contributed by atoms with E-state index in [0.29, 0.717) is 5.56 Å². The largest absolute Gasteiger partial charge is 0.374 e. The monoisotopic (exact) mass is 519 g/mol.